The Bertz CT molecular complexity index is 1020. The summed E-state index contributed by atoms with van der Waals surface area (Å²) in [6.45, 7) is 3.40. The minimum atomic E-state index is -0.886. The number of halogens is 2. The number of hydrogen-bond donors (Lipinski definition) is 2. The van der Waals surface area contributed by atoms with Crippen LogP contribution >= 0.6 is 23.3 Å². The van der Waals surface area contributed by atoms with Gasteiger partial charge in [-0.15, -0.1) is 11.3 Å². The molecule has 0 aliphatic carbocycles. The molecule has 3 rings (SSSR count). The van der Waals surface area contributed by atoms with Gasteiger partial charge in [0.1, 0.15) is 5.69 Å². The van der Waals surface area contributed by atoms with E-state index in [1.807, 2.05) is 4.90 Å². The topological polar surface area (TPSA) is 118 Å². The monoisotopic (exact) mass is 499 g/mol. The minimum absolute atomic E-state index is 0.124. The van der Waals surface area contributed by atoms with E-state index >= 15 is 0 Å². The lowest BCUT2D eigenvalue weighted by atomic mass is 10.1. The summed E-state index contributed by atoms with van der Waals surface area (Å²) in [5.41, 5.74) is 5.79. The van der Waals surface area contributed by atoms with Gasteiger partial charge in [0.2, 0.25) is 11.8 Å². The highest BCUT2D eigenvalue weighted by atomic mass is 32.2. The van der Waals surface area contributed by atoms with Crippen molar-refractivity contribution in [2.45, 2.75) is 23.9 Å². The van der Waals surface area contributed by atoms with Gasteiger partial charge in [0.25, 0.3) is 5.91 Å². The number of thiazole rings is 1. The zero-order valence-electron chi connectivity index (χ0n) is 17.8. The number of nitrogens with two attached hydrogens (primary N) is 1. The molecule has 3 N–H and O–H groups in total. The number of amides is 3. The molecule has 0 radical (unpaired) electrons. The maximum atomic E-state index is 13.5. The molecule has 33 heavy (non-hydrogen) atoms. The van der Waals surface area contributed by atoms with Crippen molar-refractivity contribution in [2.75, 3.05) is 32.8 Å². The molecule has 178 valence electrons. The van der Waals surface area contributed by atoms with Gasteiger partial charge in [-0.1, -0.05) is 6.07 Å². The summed E-state index contributed by atoms with van der Waals surface area (Å²) in [5.74, 6) is -3.18. The van der Waals surface area contributed by atoms with Gasteiger partial charge in [-0.3, -0.25) is 23.6 Å². The highest BCUT2D eigenvalue weighted by Crippen LogP contribution is 2.27. The standard InChI is InChI=1S/C20H23F2N5O4S2/c1-12(28)27(33-20-25-17(11-32-20)19(30)24-7-18(23)29)10-14-9-26(4-5-31-14)8-13-2-3-15(21)16(22)6-13/h2-3,6,11,14H,4-5,7-10H2,1H3,(H2,23,29)(H,24,30)/t14-/m0/s1. The lowest BCUT2D eigenvalue weighted by Gasteiger charge is -2.35. The van der Waals surface area contributed by atoms with Gasteiger partial charge in [-0.05, 0) is 17.7 Å². The van der Waals surface area contributed by atoms with Crippen LogP contribution in [-0.4, -0.2) is 70.8 Å². The third-order valence-corrected chi connectivity index (χ3v) is 6.68. The molecule has 9 nitrogen and oxygen atoms in total. The van der Waals surface area contributed by atoms with Crippen molar-refractivity contribution in [1.82, 2.24) is 19.5 Å². The van der Waals surface area contributed by atoms with Crippen molar-refractivity contribution in [3.05, 3.63) is 46.5 Å². The van der Waals surface area contributed by atoms with E-state index in [2.05, 4.69) is 10.3 Å². The lowest BCUT2D eigenvalue weighted by Crippen LogP contribution is -2.46. The number of aromatic nitrogens is 1. The van der Waals surface area contributed by atoms with Crippen molar-refractivity contribution in [3.8, 4) is 0 Å². The van der Waals surface area contributed by atoms with Crippen LogP contribution in [-0.2, 0) is 20.9 Å². The molecule has 2 aromatic rings. The molecule has 0 spiro atoms. The van der Waals surface area contributed by atoms with E-state index in [-0.39, 0.29) is 30.8 Å². The summed E-state index contributed by atoms with van der Waals surface area (Å²) in [6, 6.07) is 3.82. The van der Waals surface area contributed by atoms with Crippen LogP contribution in [0.4, 0.5) is 8.78 Å². The fraction of sp³-hybridized carbons (Fsp3) is 0.400. The van der Waals surface area contributed by atoms with Crippen molar-refractivity contribution >= 4 is 41.0 Å². The highest BCUT2D eigenvalue weighted by Gasteiger charge is 2.26. The number of carbonyl (C=O) groups is 3. The largest absolute Gasteiger partial charge is 0.374 e. The number of nitrogens with one attached hydrogen (secondary N) is 1. The van der Waals surface area contributed by atoms with Crippen LogP contribution in [0.15, 0.2) is 27.9 Å². The van der Waals surface area contributed by atoms with Gasteiger partial charge >= 0.3 is 0 Å². The van der Waals surface area contributed by atoms with Crippen LogP contribution in [0, 0.1) is 11.6 Å². The zero-order chi connectivity index (χ0) is 24.0. The van der Waals surface area contributed by atoms with Crippen molar-refractivity contribution in [3.63, 3.8) is 0 Å². The molecule has 3 amide bonds. The van der Waals surface area contributed by atoms with E-state index in [1.165, 1.54) is 34.0 Å². The van der Waals surface area contributed by atoms with E-state index in [9.17, 15) is 23.2 Å². The summed E-state index contributed by atoms with van der Waals surface area (Å²) in [5, 5.41) is 3.88. The second-order valence-electron chi connectivity index (χ2n) is 7.30. The number of hydrogen-bond acceptors (Lipinski definition) is 8. The number of carbonyl (C=O) groups excluding carboxylic acids is 3. The fourth-order valence-electron chi connectivity index (χ4n) is 3.10. The van der Waals surface area contributed by atoms with Gasteiger partial charge in [0, 0.05) is 43.9 Å². The highest BCUT2D eigenvalue weighted by molar-refractivity contribution is 7.99. The van der Waals surface area contributed by atoms with E-state index in [0.29, 0.717) is 36.1 Å². The summed E-state index contributed by atoms with van der Waals surface area (Å²) in [6.07, 6.45) is -0.293. The molecule has 1 aromatic heterocycles. The number of morpholine rings is 1. The first-order chi connectivity index (χ1) is 15.7. The first-order valence-corrected chi connectivity index (χ1v) is 11.6. The Kier molecular flexibility index (Phi) is 8.72. The van der Waals surface area contributed by atoms with Gasteiger partial charge in [0.05, 0.1) is 25.8 Å². The smallest absolute Gasteiger partial charge is 0.271 e. The summed E-state index contributed by atoms with van der Waals surface area (Å²) < 4.78 is 34.4. The molecule has 1 atom stereocenters. The van der Waals surface area contributed by atoms with E-state index in [0.717, 1.165) is 18.0 Å². The zero-order valence-corrected chi connectivity index (χ0v) is 19.4. The Morgan fingerprint density at radius 3 is 2.85 bits per heavy atom. The van der Waals surface area contributed by atoms with E-state index in [1.54, 1.807) is 6.07 Å². The average molecular weight is 500 g/mol. The molecule has 2 heterocycles. The van der Waals surface area contributed by atoms with E-state index in [4.69, 9.17) is 10.5 Å². The molecule has 1 aliphatic rings. The molecule has 0 unspecified atom stereocenters. The quantitative estimate of drug-likeness (QED) is 0.501. The minimum Gasteiger partial charge on any atom is -0.374 e. The SMILES string of the molecule is CC(=O)N(C[C@@H]1CN(Cc2ccc(F)c(F)c2)CCO1)Sc1nc(C(=O)NCC(N)=O)cs1. The second kappa shape index (κ2) is 11.5. The fourth-order valence-corrected chi connectivity index (χ4v) is 4.91. The van der Waals surface area contributed by atoms with Gasteiger partial charge < -0.3 is 15.8 Å². The van der Waals surface area contributed by atoms with Crippen LogP contribution in [0.2, 0.25) is 0 Å². The molecule has 1 fully saturated rings. The first kappa shape index (κ1) is 25.0. The predicted octanol–water partition coefficient (Wildman–Crippen LogP) is 1.39. The third kappa shape index (κ3) is 7.45. The molecule has 13 heteroatoms. The number of ether oxygens (including phenoxy) is 1. The Morgan fingerprint density at radius 1 is 1.36 bits per heavy atom. The Balaban J connectivity index is 1.57. The summed E-state index contributed by atoms with van der Waals surface area (Å²) >= 11 is 2.28. The van der Waals surface area contributed by atoms with Crippen LogP contribution < -0.4 is 11.1 Å². The molecule has 1 aliphatic heterocycles. The van der Waals surface area contributed by atoms with Crippen molar-refractivity contribution < 1.29 is 27.9 Å². The van der Waals surface area contributed by atoms with Gasteiger partial charge in [0.15, 0.2) is 16.0 Å². The average Bonchev–Trinajstić information content (AvgIpc) is 3.23. The number of primary amides is 1. The lowest BCUT2D eigenvalue weighted by molar-refractivity contribution is -0.126. The maximum absolute atomic E-state index is 13.5. The molecular formula is C20H23F2N5O4S2. The predicted molar refractivity (Wildman–Crippen MR) is 118 cm³/mol. The maximum Gasteiger partial charge on any atom is 0.271 e. The third-order valence-electron chi connectivity index (χ3n) is 4.66. The first-order valence-electron chi connectivity index (χ1n) is 9.97. The van der Waals surface area contributed by atoms with Crippen LogP contribution in [0.3, 0.4) is 0 Å². The Hall–Kier alpha value is -2.61. The van der Waals surface area contributed by atoms with E-state index < -0.39 is 23.4 Å². The van der Waals surface area contributed by atoms with Crippen LogP contribution in [0.5, 0.6) is 0 Å². The van der Waals surface area contributed by atoms with Crippen molar-refractivity contribution in [2.24, 2.45) is 5.73 Å². The summed E-state index contributed by atoms with van der Waals surface area (Å²) in [4.78, 5) is 41.2. The number of benzene rings is 1. The van der Waals surface area contributed by atoms with Crippen molar-refractivity contribution in [1.29, 1.82) is 0 Å². The molecular weight excluding hydrogens is 476 g/mol. The Morgan fingerprint density at radius 2 is 2.15 bits per heavy atom. The molecule has 1 saturated heterocycles. The number of nitrogens with zero attached hydrogens (tertiary/aromatic N) is 3. The van der Waals surface area contributed by atoms with Crippen LogP contribution in [0.1, 0.15) is 23.0 Å². The van der Waals surface area contributed by atoms with Crippen LogP contribution in [0.25, 0.3) is 0 Å². The number of rotatable bonds is 9. The van der Waals surface area contributed by atoms with Gasteiger partial charge in [-0.25, -0.2) is 13.8 Å². The second-order valence-corrected chi connectivity index (χ2v) is 9.42. The van der Waals surface area contributed by atoms with Gasteiger partial charge in [-0.2, -0.15) is 0 Å². The Labute approximate surface area is 197 Å². The molecule has 1 aromatic carbocycles. The molecule has 0 saturated carbocycles. The summed E-state index contributed by atoms with van der Waals surface area (Å²) in [7, 11) is 0. The normalized spacial score (nSPS) is 16.4. The molecule has 0 bridgehead atoms.